The van der Waals surface area contributed by atoms with Crippen LogP contribution in [0.1, 0.15) is 37.0 Å². The number of rotatable bonds is 10. The number of hydrogen-bond acceptors (Lipinski definition) is 4. The molecule has 138 valence electrons. The normalized spacial score (nSPS) is 11.0. The fraction of sp³-hybridized carbons (Fsp3) is 0.562. The van der Waals surface area contributed by atoms with E-state index in [1.165, 1.54) is 6.07 Å². The number of carbonyl (C=O) groups excluding carboxylic acids is 1. The molecular formula is C16H28ClN3O3S. The zero-order valence-electron chi connectivity index (χ0n) is 14.5. The molecule has 0 unspecified atom stereocenters. The fourth-order valence-corrected chi connectivity index (χ4v) is 3.34. The third-order valence-corrected chi connectivity index (χ3v) is 4.96. The second-order valence-electron chi connectivity index (χ2n) is 5.33. The largest absolute Gasteiger partial charge is 0.342 e. The van der Waals surface area contributed by atoms with E-state index in [4.69, 9.17) is 0 Å². The first-order valence-electron chi connectivity index (χ1n) is 7.98. The van der Waals surface area contributed by atoms with Crippen LogP contribution >= 0.6 is 12.4 Å². The van der Waals surface area contributed by atoms with E-state index in [-0.39, 0.29) is 35.3 Å². The van der Waals surface area contributed by atoms with E-state index in [1.807, 2.05) is 13.8 Å². The van der Waals surface area contributed by atoms with E-state index in [1.54, 1.807) is 30.1 Å². The van der Waals surface area contributed by atoms with Crippen molar-refractivity contribution in [1.82, 2.24) is 14.9 Å². The molecule has 0 spiro atoms. The SMILES string of the molecule is CCCCN(C)C(=O)c1ccccc1S(=O)(=O)NCCNCC.Cl. The van der Waals surface area contributed by atoms with E-state index >= 15 is 0 Å². The maximum absolute atomic E-state index is 12.5. The average molecular weight is 378 g/mol. The van der Waals surface area contributed by atoms with Crippen molar-refractivity contribution in [3.63, 3.8) is 0 Å². The molecule has 0 atom stereocenters. The molecule has 0 aromatic heterocycles. The van der Waals surface area contributed by atoms with Gasteiger partial charge in [0.15, 0.2) is 0 Å². The first kappa shape index (κ1) is 22.9. The number of likely N-dealkylation sites (N-methyl/N-ethyl adjacent to an activating group) is 1. The van der Waals surface area contributed by atoms with Gasteiger partial charge in [-0.05, 0) is 25.1 Å². The van der Waals surface area contributed by atoms with Crippen LogP contribution in [0, 0.1) is 0 Å². The molecule has 0 radical (unpaired) electrons. The van der Waals surface area contributed by atoms with Crippen LogP contribution < -0.4 is 10.0 Å². The molecule has 0 aliphatic carbocycles. The summed E-state index contributed by atoms with van der Waals surface area (Å²) in [6.07, 6.45) is 1.86. The Kier molecular flexibility index (Phi) is 10.9. The highest BCUT2D eigenvalue weighted by Gasteiger charge is 2.23. The van der Waals surface area contributed by atoms with Crippen molar-refractivity contribution in [3.05, 3.63) is 29.8 Å². The molecule has 1 amide bonds. The minimum absolute atomic E-state index is 0. The van der Waals surface area contributed by atoms with Gasteiger partial charge in [0.05, 0.1) is 10.5 Å². The van der Waals surface area contributed by atoms with Gasteiger partial charge in [0.2, 0.25) is 10.0 Å². The number of unbranched alkanes of at least 4 members (excludes halogenated alkanes) is 1. The van der Waals surface area contributed by atoms with Crippen molar-refractivity contribution in [1.29, 1.82) is 0 Å². The summed E-state index contributed by atoms with van der Waals surface area (Å²) >= 11 is 0. The van der Waals surface area contributed by atoms with Crippen LogP contribution in [0.3, 0.4) is 0 Å². The highest BCUT2D eigenvalue weighted by molar-refractivity contribution is 7.89. The van der Waals surface area contributed by atoms with Crippen LogP contribution in [0.2, 0.25) is 0 Å². The summed E-state index contributed by atoms with van der Waals surface area (Å²) in [6.45, 7) is 6.21. The lowest BCUT2D eigenvalue weighted by atomic mass is 10.2. The molecular weight excluding hydrogens is 350 g/mol. The molecule has 0 fully saturated rings. The molecule has 0 bridgehead atoms. The second-order valence-corrected chi connectivity index (χ2v) is 7.06. The van der Waals surface area contributed by atoms with Gasteiger partial charge in [-0.15, -0.1) is 12.4 Å². The number of nitrogens with zero attached hydrogens (tertiary/aromatic N) is 1. The van der Waals surface area contributed by atoms with Crippen LogP contribution in [0.25, 0.3) is 0 Å². The molecule has 8 heteroatoms. The third kappa shape index (κ3) is 6.76. The van der Waals surface area contributed by atoms with Gasteiger partial charge < -0.3 is 10.2 Å². The molecule has 1 aromatic rings. The summed E-state index contributed by atoms with van der Waals surface area (Å²) in [4.78, 5) is 14.1. The van der Waals surface area contributed by atoms with E-state index in [2.05, 4.69) is 10.0 Å². The highest BCUT2D eigenvalue weighted by Crippen LogP contribution is 2.17. The van der Waals surface area contributed by atoms with Crippen molar-refractivity contribution in [2.45, 2.75) is 31.6 Å². The Labute approximate surface area is 151 Å². The van der Waals surface area contributed by atoms with Crippen molar-refractivity contribution in [2.24, 2.45) is 0 Å². The molecule has 1 aromatic carbocycles. The molecule has 0 aliphatic heterocycles. The lowest BCUT2D eigenvalue weighted by Gasteiger charge is -2.19. The van der Waals surface area contributed by atoms with E-state index < -0.39 is 10.0 Å². The lowest BCUT2D eigenvalue weighted by Crippen LogP contribution is -2.34. The highest BCUT2D eigenvalue weighted by atomic mass is 35.5. The number of sulfonamides is 1. The second kappa shape index (κ2) is 11.4. The van der Waals surface area contributed by atoms with Crippen LogP contribution in [-0.4, -0.2) is 52.5 Å². The lowest BCUT2D eigenvalue weighted by molar-refractivity contribution is 0.0789. The number of carbonyl (C=O) groups is 1. The van der Waals surface area contributed by atoms with E-state index in [0.717, 1.165) is 19.4 Å². The summed E-state index contributed by atoms with van der Waals surface area (Å²) in [5.41, 5.74) is 0.210. The third-order valence-electron chi connectivity index (χ3n) is 3.44. The minimum atomic E-state index is -3.71. The van der Waals surface area contributed by atoms with Crippen LogP contribution in [0.5, 0.6) is 0 Å². The number of nitrogens with one attached hydrogen (secondary N) is 2. The van der Waals surface area contributed by atoms with E-state index in [0.29, 0.717) is 13.1 Å². The Hall–Kier alpha value is -1.15. The minimum Gasteiger partial charge on any atom is -0.342 e. The Morgan fingerprint density at radius 3 is 2.46 bits per heavy atom. The fourth-order valence-electron chi connectivity index (χ4n) is 2.11. The topological polar surface area (TPSA) is 78.5 Å². The van der Waals surface area contributed by atoms with Gasteiger partial charge in [-0.25, -0.2) is 13.1 Å². The quantitative estimate of drug-likeness (QED) is 0.610. The van der Waals surface area contributed by atoms with Gasteiger partial charge in [0.1, 0.15) is 0 Å². The van der Waals surface area contributed by atoms with Crippen molar-refractivity contribution in [2.75, 3.05) is 33.2 Å². The summed E-state index contributed by atoms with van der Waals surface area (Å²) in [7, 11) is -2.01. The number of hydrogen-bond donors (Lipinski definition) is 2. The predicted octanol–water partition coefficient (Wildman–Crippen LogP) is 1.87. The van der Waals surface area contributed by atoms with Gasteiger partial charge in [-0.1, -0.05) is 32.4 Å². The average Bonchev–Trinajstić information content (AvgIpc) is 2.56. The maximum atomic E-state index is 12.5. The molecule has 0 saturated heterocycles. The van der Waals surface area contributed by atoms with Crippen LogP contribution in [-0.2, 0) is 10.0 Å². The van der Waals surface area contributed by atoms with E-state index in [9.17, 15) is 13.2 Å². The summed E-state index contributed by atoms with van der Waals surface area (Å²) < 4.78 is 27.4. The Morgan fingerprint density at radius 2 is 1.83 bits per heavy atom. The van der Waals surface area contributed by atoms with Gasteiger partial charge >= 0.3 is 0 Å². The van der Waals surface area contributed by atoms with Gasteiger partial charge in [-0.3, -0.25) is 4.79 Å². The molecule has 0 aliphatic rings. The predicted molar refractivity (Wildman–Crippen MR) is 99.3 cm³/mol. The van der Waals surface area contributed by atoms with Gasteiger partial charge in [0.25, 0.3) is 5.91 Å². The Balaban J connectivity index is 0.00000529. The summed E-state index contributed by atoms with van der Waals surface area (Å²) in [6, 6.07) is 6.33. The zero-order valence-corrected chi connectivity index (χ0v) is 16.2. The molecule has 24 heavy (non-hydrogen) atoms. The monoisotopic (exact) mass is 377 g/mol. The first-order chi connectivity index (χ1) is 10.9. The van der Waals surface area contributed by atoms with Crippen LogP contribution in [0.15, 0.2) is 29.2 Å². The maximum Gasteiger partial charge on any atom is 0.254 e. The smallest absolute Gasteiger partial charge is 0.254 e. The van der Waals surface area contributed by atoms with Gasteiger partial charge in [-0.2, -0.15) is 0 Å². The first-order valence-corrected chi connectivity index (χ1v) is 9.47. The zero-order chi connectivity index (χ0) is 17.3. The van der Waals surface area contributed by atoms with Crippen molar-refractivity contribution < 1.29 is 13.2 Å². The Morgan fingerprint density at radius 1 is 1.17 bits per heavy atom. The van der Waals surface area contributed by atoms with Crippen molar-refractivity contribution >= 4 is 28.3 Å². The summed E-state index contributed by atoms with van der Waals surface area (Å²) in [5, 5.41) is 3.05. The van der Waals surface area contributed by atoms with Crippen LogP contribution in [0.4, 0.5) is 0 Å². The summed E-state index contributed by atoms with van der Waals surface area (Å²) in [5.74, 6) is -0.272. The number of benzene rings is 1. The molecule has 1 rings (SSSR count). The molecule has 0 heterocycles. The number of amides is 1. The van der Waals surface area contributed by atoms with Gasteiger partial charge in [0, 0.05) is 26.7 Å². The molecule has 0 saturated carbocycles. The Bertz CT molecular complexity index is 608. The van der Waals surface area contributed by atoms with Crippen molar-refractivity contribution in [3.8, 4) is 0 Å². The molecule has 6 nitrogen and oxygen atoms in total. The standard InChI is InChI=1S/C16H27N3O3S.ClH/c1-4-6-13-19(3)16(20)14-9-7-8-10-15(14)23(21,22)18-12-11-17-5-2;/h7-10,17-18H,4-6,11-13H2,1-3H3;1H. The molecule has 2 N–H and O–H groups in total. The number of halogens is 1.